The van der Waals surface area contributed by atoms with Crippen LogP contribution in [0.5, 0.6) is 11.5 Å². The van der Waals surface area contributed by atoms with E-state index in [0.717, 1.165) is 42.5 Å². The second-order valence-electron chi connectivity index (χ2n) is 6.40. The van der Waals surface area contributed by atoms with Gasteiger partial charge in [0.05, 0.1) is 20.3 Å². The molecule has 0 radical (unpaired) electrons. The van der Waals surface area contributed by atoms with E-state index in [4.69, 9.17) is 21.1 Å². The summed E-state index contributed by atoms with van der Waals surface area (Å²) in [5.41, 5.74) is 1.98. The van der Waals surface area contributed by atoms with Crippen molar-refractivity contribution in [3.8, 4) is 11.5 Å². The van der Waals surface area contributed by atoms with Crippen molar-refractivity contribution >= 4 is 17.3 Å². The van der Waals surface area contributed by atoms with Crippen molar-refractivity contribution in [3.63, 3.8) is 0 Å². The van der Waals surface area contributed by atoms with Gasteiger partial charge in [-0.15, -0.1) is 0 Å². The first-order chi connectivity index (χ1) is 12.6. The molecule has 0 aromatic heterocycles. The highest BCUT2D eigenvalue weighted by atomic mass is 35.5. The molecule has 0 unspecified atom stereocenters. The van der Waals surface area contributed by atoms with Gasteiger partial charge in [-0.2, -0.15) is 0 Å². The number of benzene rings is 2. The third-order valence-corrected chi connectivity index (χ3v) is 5.00. The smallest absolute Gasteiger partial charge is 0.161 e. The number of nitrogens with zero attached hydrogens (tertiary/aromatic N) is 2. The second-order valence-corrected chi connectivity index (χ2v) is 6.83. The molecule has 1 N–H and O–H groups in total. The summed E-state index contributed by atoms with van der Waals surface area (Å²) in [6, 6.07) is 13.5. The lowest BCUT2D eigenvalue weighted by atomic mass is 10.1. The standard InChI is InChI=1S/C20H25ClN2O3/c1-25-19-7-6-15(12-20(19)26-2)18(24)14-22-8-10-23(11-9-22)17-5-3-4-16(21)13-17/h3-7,12-13,18,24H,8-11,14H2,1-2H3/t18-/m1/s1. The molecule has 140 valence electrons. The largest absolute Gasteiger partial charge is 0.493 e. The van der Waals surface area contributed by atoms with Crippen molar-refractivity contribution in [3.05, 3.63) is 53.1 Å². The quantitative estimate of drug-likeness (QED) is 0.838. The van der Waals surface area contributed by atoms with Gasteiger partial charge < -0.3 is 19.5 Å². The molecule has 1 heterocycles. The molecule has 1 saturated heterocycles. The molecule has 1 atom stereocenters. The molecule has 26 heavy (non-hydrogen) atoms. The van der Waals surface area contributed by atoms with Gasteiger partial charge >= 0.3 is 0 Å². The zero-order valence-electron chi connectivity index (χ0n) is 15.2. The van der Waals surface area contributed by atoms with Crippen LogP contribution in [-0.2, 0) is 0 Å². The van der Waals surface area contributed by atoms with E-state index in [9.17, 15) is 5.11 Å². The van der Waals surface area contributed by atoms with E-state index in [-0.39, 0.29) is 0 Å². The Hall–Kier alpha value is -1.95. The first kappa shape index (κ1) is 18.8. The molecule has 1 aliphatic heterocycles. The Labute approximate surface area is 159 Å². The van der Waals surface area contributed by atoms with E-state index in [2.05, 4.69) is 15.9 Å². The third kappa shape index (κ3) is 4.41. The van der Waals surface area contributed by atoms with Crippen LogP contribution < -0.4 is 14.4 Å². The summed E-state index contributed by atoms with van der Waals surface area (Å²) >= 11 is 6.09. The van der Waals surface area contributed by atoms with Crippen LogP contribution in [0.25, 0.3) is 0 Å². The number of piperazine rings is 1. The molecule has 5 nitrogen and oxygen atoms in total. The van der Waals surface area contributed by atoms with E-state index < -0.39 is 6.10 Å². The van der Waals surface area contributed by atoms with Gasteiger partial charge in [0.1, 0.15) is 0 Å². The highest BCUT2D eigenvalue weighted by Gasteiger charge is 2.21. The summed E-state index contributed by atoms with van der Waals surface area (Å²) in [4.78, 5) is 4.60. The molecular weight excluding hydrogens is 352 g/mol. The van der Waals surface area contributed by atoms with Crippen molar-refractivity contribution in [1.82, 2.24) is 4.90 Å². The highest BCUT2D eigenvalue weighted by molar-refractivity contribution is 6.30. The van der Waals surface area contributed by atoms with Crippen LogP contribution in [0.15, 0.2) is 42.5 Å². The molecule has 6 heteroatoms. The average molecular weight is 377 g/mol. The predicted molar refractivity (Wildman–Crippen MR) is 105 cm³/mol. The van der Waals surface area contributed by atoms with Crippen molar-refractivity contribution in [1.29, 1.82) is 0 Å². The van der Waals surface area contributed by atoms with Crippen molar-refractivity contribution in [2.75, 3.05) is 51.8 Å². The summed E-state index contributed by atoms with van der Waals surface area (Å²) in [6.07, 6.45) is -0.562. The number of anilines is 1. The van der Waals surface area contributed by atoms with Gasteiger partial charge in [0, 0.05) is 43.4 Å². The minimum atomic E-state index is -0.562. The lowest BCUT2D eigenvalue weighted by Crippen LogP contribution is -2.47. The number of ether oxygens (including phenoxy) is 2. The SMILES string of the molecule is COc1ccc([C@H](O)CN2CCN(c3cccc(Cl)c3)CC2)cc1OC. The van der Waals surface area contributed by atoms with Gasteiger partial charge in [0.2, 0.25) is 0 Å². The van der Waals surface area contributed by atoms with Gasteiger partial charge in [0.15, 0.2) is 11.5 Å². The van der Waals surface area contributed by atoms with Crippen LogP contribution in [0.2, 0.25) is 5.02 Å². The van der Waals surface area contributed by atoms with Gasteiger partial charge in [-0.3, -0.25) is 4.90 Å². The Bertz CT molecular complexity index is 733. The molecule has 0 saturated carbocycles. The van der Waals surface area contributed by atoms with Gasteiger partial charge in [0.25, 0.3) is 0 Å². The molecule has 1 aliphatic rings. The fourth-order valence-corrected chi connectivity index (χ4v) is 3.46. The van der Waals surface area contributed by atoms with Gasteiger partial charge in [-0.25, -0.2) is 0 Å². The Morgan fingerprint density at radius 3 is 2.38 bits per heavy atom. The first-order valence-corrected chi connectivity index (χ1v) is 9.11. The van der Waals surface area contributed by atoms with Crippen molar-refractivity contribution < 1.29 is 14.6 Å². The number of halogens is 1. The van der Waals surface area contributed by atoms with E-state index in [0.29, 0.717) is 18.0 Å². The van der Waals surface area contributed by atoms with Crippen LogP contribution >= 0.6 is 11.6 Å². The summed E-state index contributed by atoms with van der Waals surface area (Å²) in [6.45, 7) is 4.23. The molecule has 0 amide bonds. The number of β-amino-alcohol motifs (C(OH)–C–C–N with tert-alkyl or cyclic N) is 1. The summed E-state index contributed by atoms with van der Waals surface area (Å²) in [7, 11) is 3.20. The van der Waals surface area contributed by atoms with E-state index in [1.807, 2.05) is 36.4 Å². The minimum Gasteiger partial charge on any atom is -0.493 e. The first-order valence-electron chi connectivity index (χ1n) is 8.73. The van der Waals surface area contributed by atoms with E-state index in [1.165, 1.54) is 0 Å². The maximum atomic E-state index is 10.6. The van der Waals surface area contributed by atoms with Crippen LogP contribution in [0.1, 0.15) is 11.7 Å². The second kappa shape index (κ2) is 8.62. The molecule has 0 bridgehead atoms. The highest BCUT2D eigenvalue weighted by Crippen LogP contribution is 2.30. The molecule has 2 aromatic rings. The van der Waals surface area contributed by atoms with Crippen LogP contribution in [-0.4, -0.2) is 56.9 Å². The summed E-state index contributed by atoms with van der Waals surface area (Å²) < 4.78 is 10.6. The van der Waals surface area contributed by atoms with E-state index >= 15 is 0 Å². The van der Waals surface area contributed by atoms with Gasteiger partial charge in [-0.05, 0) is 35.9 Å². The van der Waals surface area contributed by atoms with Crippen LogP contribution in [0.3, 0.4) is 0 Å². The number of methoxy groups -OCH3 is 2. The zero-order valence-corrected chi connectivity index (χ0v) is 15.9. The maximum absolute atomic E-state index is 10.6. The fourth-order valence-electron chi connectivity index (χ4n) is 3.27. The Balaban J connectivity index is 1.57. The number of hydrogen-bond donors (Lipinski definition) is 1. The molecule has 2 aromatic carbocycles. The normalized spacial score (nSPS) is 16.4. The maximum Gasteiger partial charge on any atom is 0.161 e. The van der Waals surface area contributed by atoms with Crippen molar-refractivity contribution in [2.24, 2.45) is 0 Å². The molecule has 1 fully saturated rings. The topological polar surface area (TPSA) is 45.2 Å². The monoisotopic (exact) mass is 376 g/mol. The molecule has 0 aliphatic carbocycles. The summed E-state index contributed by atoms with van der Waals surface area (Å²) in [5, 5.41) is 11.4. The number of hydrogen-bond acceptors (Lipinski definition) is 5. The van der Waals surface area contributed by atoms with Crippen LogP contribution in [0, 0.1) is 0 Å². The Morgan fingerprint density at radius 2 is 1.73 bits per heavy atom. The van der Waals surface area contributed by atoms with E-state index in [1.54, 1.807) is 14.2 Å². The third-order valence-electron chi connectivity index (χ3n) is 4.77. The predicted octanol–water partition coefficient (Wildman–Crippen LogP) is 3.21. The average Bonchev–Trinajstić information content (AvgIpc) is 2.68. The molecular formula is C20H25ClN2O3. The number of aliphatic hydroxyl groups is 1. The zero-order chi connectivity index (χ0) is 18.5. The summed E-state index contributed by atoms with van der Waals surface area (Å²) in [5.74, 6) is 1.30. The lowest BCUT2D eigenvalue weighted by molar-refractivity contribution is 0.109. The molecule has 3 rings (SSSR count). The Kier molecular flexibility index (Phi) is 6.25. The van der Waals surface area contributed by atoms with Crippen molar-refractivity contribution in [2.45, 2.75) is 6.10 Å². The fraction of sp³-hybridized carbons (Fsp3) is 0.400. The molecule has 0 spiro atoms. The Morgan fingerprint density at radius 1 is 1.00 bits per heavy atom. The lowest BCUT2D eigenvalue weighted by Gasteiger charge is -2.37. The van der Waals surface area contributed by atoms with Crippen LogP contribution in [0.4, 0.5) is 5.69 Å². The minimum absolute atomic E-state index is 0.562. The van der Waals surface area contributed by atoms with Gasteiger partial charge in [-0.1, -0.05) is 23.7 Å². The number of aliphatic hydroxyl groups excluding tert-OH is 1. The number of rotatable bonds is 6.